The van der Waals surface area contributed by atoms with Gasteiger partial charge in [-0.2, -0.15) is 0 Å². The van der Waals surface area contributed by atoms with Crippen LogP contribution in [0.2, 0.25) is 0 Å². The maximum atomic E-state index is 5.52. The highest BCUT2D eigenvalue weighted by Crippen LogP contribution is 2.08. The summed E-state index contributed by atoms with van der Waals surface area (Å²) < 4.78 is 0. The topological polar surface area (TPSA) is 26.0 Å². The summed E-state index contributed by atoms with van der Waals surface area (Å²) in [6.45, 7) is 5.75. The molecule has 1 aromatic carbocycles. The van der Waals surface area contributed by atoms with Gasteiger partial charge in [-0.25, -0.2) is 0 Å². The molecule has 0 saturated carbocycles. The molecule has 0 aromatic heterocycles. The highest BCUT2D eigenvalue weighted by Gasteiger charge is 1.86. The molecule has 11 heavy (non-hydrogen) atoms. The van der Waals surface area contributed by atoms with E-state index in [2.05, 4.69) is 6.92 Å². The van der Waals surface area contributed by atoms with Crippen LogP contribution in [0.15, 0.2) is 29.8 Å². The molecule has 1 aromatic rings. The molecular weight excluding hydrogens is 134 g/mol. The van der Waals surface area contributed by atoms with Gasteiger partial charge in [0.1, 0.15) is 0 Å². The highest BCUT2D eigenvalue weighted by atomic mass is 14.5. The average molecular weight is 146 g/mol. The van der Waals surface area contributed by atoms with Crippen LogP contribution in [0.5, 0.6) is 0 Å². The van der Waals surface area contributed by atoms with E-state index in [4.69, 9.17) is 5.73 Å². The molecule has 1 nitrogen and oxygen atoms in total. The Bertz CT molecular complexity index is 253. The molecule has 0 bridgehead atoms. The second kappa shape index (κ2) is 3.24. The van der Waals surface area contributed by atoms with Crippen LogP contribution in [0, 0.1) is 6.92 Å². The Labute approximate surface area is 67.5 Å². The van der Waals surface area contributed by atoms with Crippen molar-refractivity contribution in [3.63, 3.8) is 0 Å². The molecule has 0 aliphatic heterocycles. The predicted molar refractivity (Wildman–Crippen MR) is 49.9 cm³/mol. The molecule has 0 spiro atoms. The first-order valence-corrected chi connectivity index (χ1v) is 3.54. The zero-order valence-electron chi connectivity index (χ0n) is 6.67. The monoisotopic (exact) mass is 146 g/mol. The number of nitrogen functional groups attached to an aromatic ring is 1. The zero-order chi connectivity index (χ0) is 8.27. The molecule has 0 aliphatic carbocycles. The van der Waals surface area contributed by atoms with Crippen LogP contribution >= 0.6 is 0 Å². The first-order chi connectivity index (χ1) is 5.18. The van der Waals surface area contributed by atoms with Crippen molar-refractivity contribution in [3.05, 3.63) is 42.3 Å². The van der Waals surface area contributed by atoms with E-state index in [1.165, 1.54) is 0 Å². The van der Waals surface area contributed by atoms with Crippen molar-refractivity contribution in [3.8, 4) is 0 Å². The van der Waals surface area contributed by atoms with Crippen LogP contribution in [0.3, 0.4) is 0 Å². The Morgan fingerprint density at radius 2 is 1.91 bits per heavy atom. The minimum absolute atomic E-state index is 0.795. The molecule has 1 rings (SSSR count). The van der Waals surface area contributed by atoms with Gasteiger partial charge in [0.05, 0.1) is 0 Å². The fourth-order valence-corrected chi connectivity index (χ4v) is 0.877. The van der Waals surface area contributed by atoms with E-state index in [1.54, 1.807) is 0 Å². The number of benzene rings is 1. The SMILES string of the molecule is [CH2]/C(C)=C/c1ccc(N)cc1. The first-order valence-electron chi connectivity index (χ1n) is 3.54. The van der Waals surface area contributed by atoms with Crippen molar-refractivity contribution in [2.45, 2.75) is 6.92 Å². The van der Waals surface area contributed by atoms with Crippen molar-refractivity contribution >= 4 is 11.8 Å². The average Bonchev–Trinajstić information content (AvgIpc) is 1.93. The molecular formula is C10H12N. The summed E-state index contributed by atoms with van der Waals surface area (Å²) in [5, 5.41) is 0. The maximum Gasteiger partial charge on any atom is 0.0314 e. The standard InChI is InChI=1S/C10H12N/c1-8(2)7-9-3-5-10(11)6-4-9/h3-7H,1,11H2,2H3/b8-7-. The van der Waals surface area contributed by atoms with Gasteiger partial charge < -0.3 is 5.73 Å². The van der Waals surface area contributed by atoms with Crippen LogP contribution in [0.25, 0.3) is 6.08 Å². The predicted octanol–water partition coefficient (Wildman–Crippen LogP) is 2.51. The van der Waals surface area contributed by atoms with E-state index in [0.29, 0.717) is 0 Å². The third-order valence-corrected chi connectivity index (χ3v) is 1.35. The molecule has 0 saturated heterocycles. The third kappa shape index (κ3) is 2.46. The van der Waals surface area contributed by atoms with Crippen LogP contribution in [0.4, 0.5) is 5.69 Å². The van der Waals surface area contributed by atoms with Crippen LogP contribution < -0.4 is 5.73 Å². The number of anilines is 1. The van der Waals surface area contributed by atoms with Crippen LogP contribution in [-0.4, -0.2) is 0 Å². The van der Waals surface area contributed by atoms with E-state index in [9.17, 15) is 0 Å². The summed E-state index contributed by atoms with van der Waals surface area (Å²) in [5.41, 5.74) is 8.51. The number of rotatable bonds is 1. The Hall–Kier alpha value is -1.24. The fourth-order valence-electron chi connectivity index (χ4n) is 0.877. The van der Waals surface area contributed by atoms with E-state index in [-0.39, 0.29) is 0 Å². The molecule has 0 unspecified atom stereocenters. The summed E-state index contributed by atoms with van der Waals surface area (Å²) >= 11 is 0. The second-order valence-corrected chi connectivity index (χ2v) is 2.66. The lowest BCUT2D eigenvalue weighted by molar-refractivity contribution is 1.55. The lowest BCUT2D eigenvalue weighted by Gasteiger charge is -1.95. The number of nitrogens with two attached hydrogens (primary N) is 1. The zero-order valence-corrected chi connectivity index (χ0v) is 6.67. The van der Waals surface area contributed by atoms with Gasteiger partial charge in [-0.3, -0.25) is 0 Å². The van der Waals surface area contributed by atoms with Crippen LogP contribution in [0.1, 0.15) is 12.5 Å². The van der Waals surface area contributed by atoms with Crippen molar-refractivity contribution < 1.29 is 0 Å². The Balaban J connectivity index is 2.91. The van der Waals surface area contributed by atoms with E-state index >= 15 is 0 Å². The molecule has 0 atom stereocenters. The van der Waals surface area contributed by atoms with Gasteiger partial charge >= 0.3 is 0 Å². The first kappa shape index (κ1) is 7.86. The maximum absolute atomic E-state index is 5.52. The summed E-state index contributed by atoms with van der Waals surface area (Å²) in [6, 6.07) is 7.72. The quantitative estimate of drug-likeness (QED) is 0.605. The Morgan fingerprint density at radius 3 is 2.36 bits per heavy atom. The Morgan fingerprint density at radius 1 is 1.36 bits per heavy atom. The summed E-state index contributed by atoms with van der Waals surface area (Å²) in [6.07, 6.45) is 2.01. The number of allylic oxidation sites excluding steroid dienone is 1. The smallest absolute Gasteiger partial charge is 0.0314 e. The van der Waals surface area contributed by atoms with Crippen LogP contribution in [-0.2, 0) is 0 Å². The minimum Gasteiger partial charge on any atom is -0.399 e. The number of hydrogen-bond acceptors (Lipinski definition) is 1. The molecule has 0 heterocycles. The molecule has 0 amide bonds. The minimum atomic E-state index is 0.795. The summed E-state index contributed by atoms with van der Waals surface area (Å²) in [7, 11) is 0. The van der Waals surface area contributed by atoms with Crippen molar-refractivity contribution in [2.24, 2.45) is 0 Å². The van der Waals surface area contributed by atoms with Gasteiger partial charge in [0, 0.05) is 5.69 Å². The molecule has 57 valence electrons. The van der Waals surface area contributed by atoms with Gasteiger partial charge in [-0.05, 0) is 31.5 Å². The lowest BCUT2D eigenvalue weighted by Crippen LogP contribution is -1.82. The molecule has 1 radical (unpaired) electrons. The molecule has 2 N–H and O–H groups in total. The fraction of sp³-hybridized carbons (Fsp3) is 0.100. The van der Waals surface area contributed by atoms with Gasteiger partial charge in [0.25, 0.3) is 0 Å². The normalized spacial score (nSPS) is 11.6. The van der Waals surface area contributed by atoms with E-state index < -0.39 is 0 Å². The Kier molecular flexibility index (Phi) is 2.32. The second-order valence-electron chi connectivity index (χ2n) is 2.66. The molecule has 1 heteroatoms. The van der Waals surface area contributed by atoms with E-state index in [1.807, 2.05) is 37.3 Å². The van der Waals surface area contributed by atoms with Gasteiger partial charge in [-0.1, -0.05) is 23.8 Å². The lowest BCUT2D eigenvalue weighted by atomic mass is 10.1. The van der Waals surface area contributed by atoms with Crippen molar-refractivity contribution in [1.82, 2.24) is 0 Å². The number of hydrogen-bond donors (Lipinski definition) is 1. The van der Waals surface area contributed by atoms with Gasteiger partial charge in [0.2, 0.25) is 0 Å². The summed E-state index contributed by atoms with van der Waals surface area (Å²) in [5.74, 6) is 0. The molecule has 0 fully saturated rings. The molecule has 0 aliphatic rings. The van der Waals surface area contributed by atoms with E-state index in [0.717, 1.165) is 16.8 Å². The largest absolute Gasteiger partial charge is 0.399 e. The van der Waals surface area contributed by atoms with Gasteiger partial charge in [0.15, 0.2) is 0 Å². The van der Waals surface area contributed by atoms with Crippen molar-refractivity contribution in [2.75, 3.05) is 5.73 Å². The summed E-state index contributed by atoms with van der Waals surface area (Å²) in [4.78, 5) is 0. The van der Waals surface area contributed by atoms with Crippen molar-refractivity contribution in [1.29, 1.82) is 0 Å². The highest BCUT2D eigenvalue weighted by molar-refractivity contribution is 5.56. The third-order valence-electron chi connectivity index (χ3n) is 1.35. The van der Waals surface area contributed by atoms with Gasteiger partial charge in [-0.15, -0.1) is 0 Å².